The number of aryl methyl sites for hydroxylation is 2. The predicted molar refractivity (Wildman–Crippen MR) is 78.1 cm³/mol. The summed E-state index contributed by atoms with van der Waals surface area (Å²) in [5.41, 5.74) is 2.37. The number of carboxylic acids is 1. The van der Waals surface area contributed by atoms with Crippen LogP contribution < -0.4 is 5.32 Å². The maximum Gasteiger partial charge on any atom is 0.354 e. The SMILES string of the molecule is O=C(O)c1cccc(CNCc2cc3c(s2)CCC3)n1. The number of hydrogen-bond donors (Lipinski definition) is 2. The lowest BCUT2D eigenvalue weighted by Crippen LogP contribution is -2.14. The molecule has 1 aliphatic carbocycles. The fraction of sp³-hybridized carbons (Fsp3) is 0.333. The van der Waals surface area contributed by atoms with E-state index in [0.29, 0.717) is 6.54 Å². The highest BCUT2D eigenvalue weighted by molar-refractivity contribution is 7.12. The molecule has 0 fully saturated rings. The van der Waals surface area contributed by atoms with Gasteiger partial charge in [-0.25, -0.2) is 9.78 Å². The van der Waals surface area contributed by atoms with Crippen molar-refractivity contribution < 1.29 is 9.90 Å². The molecule has 0 radical (unpaired) electrons. The van der Waals surface area contributed by atoms with Crippen molar-refractivity contribution in [2.45, 2.75) is 32.4 Å². The zero-order valence-corrected chi connectivity index (χ0v) is 11.9. The molecule has 5 heteroatoms. The Kier molecular flexibility index (Phi) is 3.80. The van der Waals surface area contributed by atoms with Gasteiger partial charge in [0, 0.05) is 22.8 Å². The third-order valence-electron chi connectivity index (χ3n) is 3.43. The number of fused-ring (bicyclic) bond motifs is 1. The minimum absolute atomic E-state index is 0.0967. The molecule has 0 aliphatic heterocycles. The first-order chi connectivity index (χ1) is 9.72. The maximum atomic E-state index is 10.8. The van der Waals surface area contributed by atoms with E-state index in [4.69, 9.17) is 5.11 Å². The molecule has 0 saturated carbocycles. The largest absolute Gasteiger partial charge is 0.477 e. The average Bonchev–Trinajstić information content (AvgIpc) is 3.00. The molecule has 3 rings (SSSR count). The van der Waals surface area contributed by atoms with Gasteiger partial charge in [-0.2, -0.15) is 0 Å². The molecule has 20 heavy (non-hydrogen) atoms. The number of aromatic nitrogens is 1. The number of carbonyl (C=O) groups is 1. The summed E-state index contributed by atoms with van der Waals surface area (Å²) in [4.78, 5) is 17.8. The number of pyridine rings is 1. The number of rotatable bonds is 5. The fourth-order valence-electron chi connectivity index (χ4n) is 2.49. The van der Waals surface area contributed by atoms with E-state index in [1.807, 2.05) is 17.4 Å². The summed E-state index contributed by atoms with van der Waals surface area (Å²) in [6.07, 6.45) is 3.73. The average molecular weight is 288 g/mol. The van der Waals surface area contributed by atoms with Crippen molar-refractivity contribution in [3.05, 3.63) is 51.0 Å². The van der Waals surface area contributed by atoms with Crippen molar-refractivity contribution in [1.82, 2.24) is 10.3 Å². The summed E-state index contributed by atoms with van der Waals surface area (Å²) >= 11 is 1.89. The Morgan fingerprint density at radius 2 is 2.25 bits per heavy atom. The van der Waals surface area contributed by atoms with Crippen molar-refractivity contribution in [1.29, 1.82) is 0 Å². The maximum absolute atomic E-state index is 10.8. The second kappa shape index (κ2) is 5.73. The second-order valence-corrected chi connectivity index (χ2v) is 6.16. The molecule has 2 aromatic rings. The summed E-state index contributed by atoms with van der Waals surface area (Å²) in [6, 6.07) is 7.37. The molecule has 0 saturated heterocycles. The molecule has 0 atom stereocenters. The van der Waals surface area contributed by atoms with E-state index in [1.165, 1.54) is 40.6 Å². The number of hydrogen-bond acceptors (Lipinski definition) is 4. The topological polar surface area (TPSA) is 62.2 Å². The van der Waals surface area contributed by atoms with Gasteiger partial charge in [0.25, 0.3) is 0 Å². The Morgan fingerprint density at radius 3 is 3.05 bits per heavy atom. The zero-order chi connectivity index (χ0) is 13.9. The lowest BCUT2D eigenvalue weighted by atomic mass is 10.2. The van der Waals surface area contributed by atoms with Crippen LogP contribution in [-0.2, 0) is 25.9 Å². The first-order valence-electron chi connectivity index (χ1n) is 6.73. The van der Waals surface area contributed by atoms with E-state index in [0.717, 1.165) is 12.2 Å². The number of carboxylic acid groups (broad SMARTS) is 1. The molecule has 0 spiro atoms. The first-order valence-corrected chi connectivity index (χ1v) is 7.54. The molecule has 2 heterocycles. The molecule has 2 N–H and O–H groups in total. The monoisotopic (exact) mass is 288 g/mol. The van der Waals surface area contributed by atoms with Crippen molar-refractivity contribution in [2.24, 2.45) is 0 Å². The lowest BCUT2D eigenvalue weighted by molar-refractivity contribution is 0.0690. The number of thiophene rings is 1. The van der Waals surface area contributed by atoms with Crippen molar-refractivity contribution in [2.75, 3.05) is 0 Å². The van der Waals surface area contributed by atoms with E-state index in [9.17, 15) is 4.79 Å². The van der Waals surface area contributed by atoms with Crippen LogP contribution in [0, 0.1) is 0 Å². The van der Waals surface area contributed by atoms with Crippen LogP contribution in [0.1, 0.15) is 37.9 Å². The van der Waals surface area contributed by atoms with Crippen LogP contribution in [0.5, 0.6) is 0 Å². The molecule has 4 nitrogen and oxygen atoms in total. The quantitative estimate of drug-likeness (QED) is 0.888. The van der Waals surface area contributed by atoms with Gasteiger partial charge < -0.3 is 10.4 Å². The highest BCUT2D eigenvalue weighted by atomic mass is 32.1. The van der Waals surface area contributed by atoms with E-state index in [2.05, 4.69) is 16.4 Å². The van der Waals surface area contributed by atoms with Crippen molar-refractivity contribution in [3.8, 4) is 0 Å². The Balaban J connectivity index is 1.56. The van der Waals surface area contributed by atoms with Gasteiger partial charge >= 0.3 is 5.97 Å². The minimum atomic E-state index is -0.985. The first kappa shape index (κ1) is 13.3. The van der Waals surface area contributed by atoms with Gasteiger partial charge in [-0.3, -0.25) is 0 Å². The van der Waals surface area contributed by atoms with Gasteiger partial charge in [0.05, 0.1) is 5.69 Å². The van der Waals surface area contributed by atoms with Gasteiger partial charge in [-0.1, -0.05) is 6.07 Å². The van der Waals surface area contributed by atoms with E-state index in [-0.39, 0.29) is 5.69 Å². The van der Waals surface area contributed by atoms with Gasteiger partial charge in [-0.05, 0) is 43.0 Å². The number of nitrogens with one attached hydrogen (secondary N) is 1. The normalized spacial score (nSPS) is 13.4. The van der Waals surface area contributed by atoms with Crippen LogP contribution >= 0.6 is 11.3 Å². The molecule has 0 amide bonds. The molecule has 2 aromatic heterocycles. The van der Waals surface area contributed by atoms with Gasteiger partial charge in [0.2, 0.25) is 0 Å². The molecular formula is C15H16N2O2S. The van der Waals surface area contributed by atoms with Crippen LogP contribution in [0.25, 0.3) is 0 Å². The Bertz CT molecular complexity index is 615. The van der Waals surface area contributed by atoms with Crippen LogP contribution in [0.4, 0.5) is 0 Å². The molecular weight excluding hydrogens is 272 g/mol. The van der Waals surface area contributed by atoms with Gasteiger partial charge in [0.1, 0.15) is 5.69 Å². The molecule has 0 aromatic carbocycles. The van der Waals surface area contributed by atoms with Crippen LogP contribution in [0.15, 0.2) is 24.3 Å². The van der Waals surface area contributed by atoms with E-state index in [1.54, 1.807) is 6.07 Å². The van der Waals surface area contributed by atoms with Crippen LogP contribution in [0.2, 0.25) is 0 Å². The number of nitrogens with zero attached hydrogens (tertiary/aromatic N) is 1. The standard InChI is InChI=1S/C15H16N2O2S/c18-15(19)13-5-2-4-11(17-13)8-16-9-12-7-10-3-1-6-14(10)20-12/h2,4-5,7,16H,1,3,6,8-9H2,(H,18,19). The zero-order valence-electron chi connectivity index (χ0n) is 11.1. The van der Waals surface area contributed by atoms with Crippen molar-refractivity contribution in [3.63, 3.8) is 0 Å². The van der Waals surface area contributed by atoms with Crippen LogP contribution in [-0.4, -0.2) is 16.1 Å². The Hall–Kier alpha value is -1.72. The molecule has 0 unspecified atom stereocenters. The molecule has 0 bridgehead atoms. The third-order valence-corrected chi connectivity index (χ3v) is 4.67. The Morgan fingerprint density at radius 1 is 1.35 bits per heavy atom. The van der Waals surface area contributed by atoms with Gasteiger partial charge in [-0.15, -0.1) is 11.3 Å². The van der Waals surface area contributed by atoms with E-state index >= 15 is 0 Å². The molecule has 104 valence electrons. The third kappa shape index (κ3) is 2.89. The molecule has 1 aliphatic rings. The summed E-state index contributed by atoms with van der Waals surface area (Å²) in [5.74, 6) is -0.985. The summed E-state index contributed by atoms with van der Waals surface area (Å²) in [5, 5.41) is 12.2. The smallest absolute Gasteiger partial charge is 0.354 e. The van der Waals surface area contributed by atoms with Gasteiger partial charge in [0.15, 0.2) is 0 Å². The lowest BCUT2D eigenvalue weighted by Gasteiger charge is -2.03. The fourth-order valence-corrected chi connectivity index (χ4v) is 3.72. The van der Waals surface area contributed by atoms with Crippen LogP contribution in [0.3, 0.4) is 0 Å². The predicted octanol–water partition coefficient (Wildman–Crippen LogP) is 2.62. The highest BCUT2D eigenvalue weighted by Gasteiger charge is 2.14. The Labute approximate surface area is 121 Å². The second-order valence-electron chi connectivity index (χ2n) is 4.94. The number of aromatic carboxylic acids is 1. The summed E-state index contributed by atoms with van der Waals surface area (Å²) in [7, 11) is 0. The summed E-state index contributed by atoms with van der Waals surface area (Å²) in [6.45, 7) is 1.40. The highest BCUT2D eigenvalue weighted by Crippen LogP contribution is 2.30. The summed E-state index contributed by atoms with van der Waals surface area (Å²) < 4.78 is 0. The van der Waals surface area contributed by atoms with Crippen molar-refractivity contribution >= 4 is 17.3 Å². The van der Waals surface area contributed by atoms with E-state index < -0.39 is 5.97 Å². The minimum Gasteiger partial charge on any atom is -0.477 e.